The molecule has 0 fully saturated rings. The van der Waals surface area contributed by atoms with Crippen LogP contribution in [0.3, 0.4) is 0 Å². The maximum Gasteiger partial charge on any atom is 0.143 e. The molecule has 0 saturated heterocycles. The molecule has 2 heteroatoms. The zero-order chi connectivity index (χ0) is 12.7. The number of nitrogens with zero attached hydrogens (tertiary/aromatic N) is 1. The fraction of sp³-hybridized carbons (Fsp3) is 0. The van der Waals surface area contributed by atoms with Crippen molar-refractivity contribution in [1.82, 2.24) is 4.98 Å². The van der Waals surface area contributed by atoms with Gasteiger partial charge in [-0.3, -0.25) is 4.98 Å². The topological polar surface area (TPSA) is 26.0 Å². The third kappa shape index (κ3) is 1.54. The Morgan fingerprint density at radius 2 is 1.74 bits per heavy atom. The highest BCUT2D eigenvalue weighted by atomic mass is 16.3. The van der Waals surface area contributed by atoms with Gasteiger partial charge in [0.1, 0.15) is 11.2 Å². The Morgan fingerprint density at radius 3 is 2.63 bits per heavy atom. The van der Waals surface area contributed by atoms with Crippen LogP contribution in [0.15, 0.2) is 65.3 Å². The van der Waals surface area contributed by atoms with Crippen molar-refractivity contribution in [3.63, 3.8) is 0 Å². The maximum absolute atomic E-state index is 5.99. The van der Waals surface area contributed by atoms with Crippen LogP contribution in [0.2, 0.25) is 0 Å². The van der Waals surface area contributed by atoms with Gasteiger partial charge in [0.25, 0.3) is 0 Å². The Labute approximate surface area is 110 Å². The van der Waals surface area contributed by atoms with Crippen LogP contribution in [0.5, 0.6) is 0 Å². The first kappa shape index (κ1) is 10.3. The minimum Gasteiger partial charge on any atom is -0.455 e. The number of furan rings is 1. The normalized spacial score (nSPS) is 11.2. The molecule has 0 aliphatic heterocycles. The monoisotopic (exact) mass is 244 g/mol. The van der Waals surface area contributed by atoms with Crippen LogP contribution in [-0.2, 0) is 0 Å². The van der Waals surface area contributed by atoms with E-state index in [2.05, 4.69) is 17.1 Å². The van der Waals surface area contributed by atoms with Gasteiger partial charge >= 0.3 is 0 Å². The summed E-state index contributed by atoms with van der Waals surface area (Å²) < 4.78 is 5.99. The second-order valence-corrected chi connectivity index (χ2v) is 4.43. The van der Waals surface area contributed by atoms with E-state index in [1.807, 2.05) is 42.5 Å². The molecule has 89 valence electrons. The van der Waals surface area contributed by atoms with E-state index in [-0.39, 0.29) is 0 Å². The minimum absolute atomic E-state index is 0.884. The van der Waals surface area contributed by atoms with Crippen molar-refractivity contribution in [1.29, 1.82) is 0 Å². The molecule has 0 amide bonds. The lowest BCUT2D eigenvalue weighted by Gasteiger charge is -2.00. The quantitative estimate of drug-likeness (QED) is 0.494. The van der Waals surface area contributed by atoms with Gasteiger partial charge in [0, 0.05) is 28.7 Å². The predicted molar refractivity (Wildman–Crippen MR) is 75.8 cm³/mol. The van der Waals surface area contributed by atoms with E-state index in [0.29, 0.717) is 0 Å². The first-order valence-corrected chi connectivity index (χ1v) is 6.16. The number of hydrogen-bond acceptors (Lipinski definition) is 2. The molecule has 0 unspecified atom stereocenters. The third-order valence-corrected chi connectivity index (χ3v) is 3.31. The van der Waals surface area contributed by atoms with Gasteiger partial charge in [0.05, 0.1) is 0 Å². The third-order valence-electron chi connectivity index (χ3n) is 3.31. The van der Waals surface area contributed by atoms with Crippen LogP contribution in [0.1, 0.15) is 0 Å². The summed E-state index contributed by atoms with van der Waals surface area (Å²) in [4.78, 5) is 4.05. The molecule has 0 aliphatic rings. The van der Waals surface area contributed by atoms with Crippen LogP contribution in [0.25, 0.3) is 33.1 Å². The minimum atomic E-state index is 0.884. The number of hydrogen-bond donors (Lipinski definition) is 0. The number of benzene rings is 2. The molecule has 2 heterocycles. The lowest BCUT2D eigenvalue weighted by atomic mass is 10.0. The molecule has 0 saturated carbocycles. The van der Waals surface area contributed by atoms with E-state index in [9.17, 15) is 0 Å². The molecule has 2 nitrogen and oxygen atoms in total. The summed E-state index contributed by atoms with van der Waals surface area (Å²) in [6, 6.07) is 19.3. The van der Waals surface area contributed by atoms with Crippen molar-refractivity contribution < 1.29 is 4.42 Å². The molecule has 4 aromatic rings. The van der Waals surface area contributed by atoms with Gasteiger partial charge in [-0.1, -0.05) is 24.3 Å². The molecule has 0 atom stereocenters. The zero-order valence-corrected chi connectivity index (χ0v) is 10.1. The molecular weight excluding hydrogens is 234 g/mol. The van der Waals surface area contributed by atoms with Crippen LogP contribution in [0.4, 0.5) is 0 Å². The molecule has 2 aromatic heterocycles. The van der Waals surface area contributed by atoms with E-state index in [1.165, 1.54) is 0 Å². The maximum atomic E-state index is 5.99. The Morgan fingerprint density at radius 1 is 0.895 bits per heavy atom. The number of aromatic nitrogens is 1. The number of rotatable bonds is 1. The number of fused-ring (bicyclic) bond motifs is 3. The summed E-state index contributed by atoms with van der Waals surface area (Å²) >= 11 is 0. The van der Waals surface area contributed by atoms with E-state index in [1.54, 1.807) is 12.4 Å². The largest absolute Gasteiger partial charge is 0.455 e. The Balaban J connectivity index is 2.13. The van der Waals surface area contributed by atoms with Crippen molar-refractivity contribution in [2.24, 2.45) is 0 Å². The summed E-state index contributed by atoms with van der Waals surface area (Å²) in [5.74, 6) is 0. The molecule has 0 spiro atoms. The van der Waals surface area contributed by atoms with Crippen molar-refractivity contribution in [3.8, 4) is 11.1 Å². The molecular formula is C17H10NO. The molecule has 19 heavy (non-hydrogen) atoms. The molecule has 1 radical (unpaired) electrons. The van der Waals surface area contributed by atoms with Crippen molar-refractivity contribution >= 4 is 21.9 Å². The van der Waals surface area contributed by atoms with Gasteiger partial charge in [-0.25, -0.2) is 0 Å². The van der Waals surface area contributed by atoms with E-state index in [4.69, 9.17) is 4.42 Å². The van der Waals surface area contributed by atoms with Gasteiger partial charge in [-0.05, 0) is 35.9 Å². The summed E-state index contributed by atoms with van der Waals surface area (Å²) in [6.07, 6.45) is 3.56. The van der Waals surface area contributed by atoms with Crippen LogP contribution in [0, 0.1) is 6.07 Å². The standard InChI is InChI=1S/C17H10NO/c1-2-7-16-14(4-1)15-6-3-5-13(17(15)19-16)12-8-10-18-11-9-12/h1-4,6-11H. The van der Waals surface area contributed by atoms with Gasteiger partial charge in [-0.15, -0.1) is 0 Å². The lowest BCUT2D eigenvalue weighted by Crippen LogP contribution is -1.79. The Kier molecular flexibility index (Phi) is 2.15. The summed E-state index contributed by atoms with van der Waals surface area (Å²) in [6.45, 7) is 0. The SMILES string of the molecule is [c]1ccc2c(oc3ccccc32)c1-c1ccncc1. The van der Waals surface area contributed by atoms with Crippen molar-refractivity contribution in [2.45, 2.75) is 0 Å². The Hall–Kier alpha value is -2.61. The number of pyridine rings is 1. The fourth-order valence-electron chi connectivity index (χ4n) is 2.42. The molecule has 0 N–H and O–H groups in total. The van der Waals surface area contributed by atoms with Crippen LogP contribution < -0.4 is 0 Å². The first-order valence-electron chi connectivity index (χ1n) is 6.16. The number of para-hydroxylation sites is 1. The van der Waals surface area contributed by atoms with Gasteiger partial charge in [0.2, 0.25) is 0 Å². The Bertz CT molecular complexity index is 862. The fourth-order valence-corrected chi connectivity index (χ4v) is 2.42. The van der Waals surface area contributed by atoms with Gasteiger partial charge < -0.3 is 4.42 Å². The smallest absolute Gasteiger partial charge is 0.143 e. The molecule has 2 aromatic carbocycles. The second kappa shape index (κ2) is 3.95. The van der Waals surface area contributed by atoms with E-state index >= 15 is 0 Å². The zero-order valence-electron chi connectivity index (χ0n) is 10.1. The molecule has 0 bridgehead atoms. The van der Waals surface area contributed by atoms with Crippen molar-refractivity contribution in [3.05, 3.63) is 67.0 Å². The van der Waals surface area contributed by atoms with Crippen LogP contribution in [-0.4, -0.2) is 4.98 Å². The highest BCUT2D eigenvalue weighted by molar-refractivity contribution is 6.09. The first-order chi connectivity index (χ1) is 9.43. The highest BCUT2D eigenvalue weighted by Gasteiger charge is 2.11. The average molecular weight is 244 g/mol. The van der Waals surface area contributed by atoms with Gasteiger partial charge in [0.15, 0.2) is 0 Å². The van der Waals surface area contributed by atoms with Crippen molar-refractivity contribution in [2.75, 3.05) is 0 Å². The highest BCUT2D eigenvalue weighted by Crippen LogP contribution is 2.34. The lowest BCUT2D eigenvalue weighted by molar-refractivity contribution is 0.670. The van der Waals surface area contributed by atoms with Gasteiger partial charge in [-0.2, -0.15) is 0 Å². The van der Waals surface area contributed by atoms with Crippen LogP contribution >= 0.6 is 0 Å². The molecule has 4 rings (SSSR count). The summed E-state index contributed by atoms with van der Waals surface area (Å²) in [7, 11) is 0. The predicted octanol–water partition coefficient (Wildman–Crippen LogP) is 4.45. The average Bonchev–Trinajstić information content (AvgIpc) is 2.87. The van der Waals surface area contributed by atoms with E-state index < -0.39 is 0 Å². The molecule has 0 aliphatic carbocycles. The summed E-state index contributed by atoms with van der Waals surface area (Å²) in [5, 5.41) is 2.27. The van der Waals surface area contributed by atoms with E-state index in [0.717, 1.165) is 33.1 Å². The second-order valence-electron chi connectivity index (χ2n) is 4.43. The summed E-state index contributed by atoms with van der Waals surface area (Å²) in [5.41, 5.74) is 3.85.